The lowest BCUT2D eigenvalue weighted by Gasteiger charge is -2.25. The zero-order valence-corrected chi connectivity index (χ0v) is 9.76. The largest absolute Gasteiger partial charge is 0.393 e. The predicted molar refractivity (Wildman–Crippen MR) is 61.1 cm³/mol. The molecule has 5 heteroatoms. The lowest BCUT2D eigenvalue weighted by atomic mass is 9.87. The summed E-state index contributed by atoms with van der Waals surface area (Å²) in [5, 5.41) is 22.7. The molecule has 2 atom stereocenters. The van der Waals surface area contributed by atoms with Gasteiger partial charge in [-0.25, -0.2) is 0 Å². The van der Waals surface area contributed by atoms with Crippen molar-refractivity contribution in [2.24, 2.45) is 5.92 Å². The molecule has 0 radical (unpaired) electrons. The highest BCUT2D eigenvalue weighted by Gasteiger charge is 2.19. The van der Waals surface area contributed by atoms with Gasteiger partial charge >= 0.3 is 0 Å². The Morgan fingerprint density at radius 3 is 3.00 bits per heavy atom. The fourth-order valence-corrected chi connectivity index (χ4v) is 2.65. The molecule has 15 heavy (non-hydrogen) atoms. The molecule has 4 nitrogen and oxygen atoms in total. The van der Waals surface area contributed by atoms with Crippen molar-refractivity contribution in [1.82, 2.24) is 10.2 Å². The summed E-state index contributed by atoms with van der Waals surface area (Å²) in [6, 6.07) is 0. The summed E-state index contributed by atoms with van der Waals surface area (Å²) in [5.41, 5.74) is 0. The van der Waals surface area contributed by atoms with Gasteiger partial charge in [0.05, 0.1) is 6.10 Å². The molecule has 0 amide bonds. The molecule has 1 aromatic heterocycles. The van der Waals surface area contributed by atoms with Crippen molar-refractivity contribution < 1.29 is 5.11 Å². The molecule has 84 valence electrons. The average molecular weight is 227 g/mol. The smallest absolute Gasteiger partial charge is 0.205 e. The number of aryl methyl sites for hydroxylation is 1. The zero-order valence-electron chi connectivity index (χ0n) is 8.94. The van der Waals surface area contributed by atoms with Gasteiger partial charge in [-0.2, -0.15) is 0 Å². The van der Waals surface area contributed by atoms with Crippen LogP contribution in [-0.2, 0) is 0 Å². The number of nitrogens with one attached hydrogen (secondary N) is 1. The molecule has 1 fully saturated rings. The van der Waals surface area contributed by atoms with E-state index in [0.717, 1.165) is 35.9 Å². The molecule has 1 aliphatic rings. The Morgan fingerprint density at radius 1 is 1.47 bits per heavy atom. The van der Waals surface area contributed by atoms with Crippen molar-refractivity contribution in [2.75, 3.05) is 11.9 Å². The quantitative estimate of drug-likeness (QED) is 0.827. The summed E-state index contributed by atoms with van der Waals surface area (Å²) in [4.78, 5) is 0. The van der Waals surface area contributed by atoms with Gasteiger partial charge in [0.25, 0.3) is 0 Å². The molecular weight excluding hydrogens is 210 g/mol. The van der Waals surface area contributed by atoms with Crippen LogP contribution >= 0.6 is 11.3 Å². The first-order chi connectivity index (χ1) is 7.24. The Bertz CT molecular complexity index is 315. The van der Waals surface area contributed by atoms with E-state index < -0.39 is 0 Å². The maximum atomic E-state index is 9.53. The van der Waals surface area contributed by atoms with Crippen molar-refractivity contribution in [3.05, 3.63) is 5.01 Å². The van der Waals surface area contributed by atoms with Crippen LogP contribution in [0.3, 0.4) is 0 Å². The molecule has 0 spiro atoms. The number of hydrogen-bond acceptors (Lipinski definition) is 5. The standard InChI is InChI=1S/C10H17N3OS/c1-7-12-13-10(15-7)11-6-8-3-2-4-9(14)5-8/h8-9,14H,2-6H2,1H3,(H,11,13). The van der Waals surface area contributed by atoms with Gasteiger partial charge in [-0.1, -0.05) is 17.8 Å². The number of aliphatic hydroxyl groups excluding tert-OH is 1. The molecule has 0 saturated heterocycles. The third-order valence-corrected chi connectivity index (χ3v) is 3.62. The summed E-state index contributed by atoms with van der Waals surface area (Å²) in [7, 11) is 0. The van der Waals surface area contributed by atoms with E-state index in [2.05, 4.69) is 15.5 Å². The minimum atomic E-state index is -0.0956. The number of hydrogen-bond donors (Lipinski definition) is 2. The highest BCUT2D eigenvalue weighted by atomic mass is 32.1. The van der Waals surface area contributed by atoms with Gasteiger partial charge in [0, 0.05) is 6.54 Å². The van der Waals surface area contributed by atoms with Crippen molar-refractivity contribution in [3.8, 4) is 0 Å². The average Bonchev–Trinajstić information content (AvgIpc) is 2.62. The van der Waals surface area contributed by atoms with E-state index in [0.29, 0.717) is 5.92 Å². The minimum Gasteiger partial charge on any atom is -0.393 e. The van der Waals surface area contributed by atoms with Crippen LogP contribution in [0.4, 0.5) is 5.13 Å². The Balaban J connectivity index is 1.77. The molecule has 1 aromatic rings. The molecule has 1 heterocycles. The summed E-state index contributed by atoms with van der Waals surface area (Å²) < 4.78 is 0. The van der Waals surface area contributed by atoms with Crippen LogP contribution in [0, 0.1) is 12.8 Å². The van der Waals surface area contributed by atoms with Crippen LogP contribution in [0.5, 0.6) is 0 Å². The molecule has 2 unspecified atom stereocenters. The number of rotatable bonds is 3. The first kappa shape index (κ1) is 10.8. The molecule has 2 N–H and O–H groups in total. The second kappa shape index (κ2) is 4.90. The minimum absolute atomic E-state index is 0.0956. The van der Waals surface area contributed by atoms with Crippen molar-refractivity contribution >= 4 is 16.5 Å². The Kier molecular flexibility index (Phi) is 3.53. The SMILES string of the molecule is Cc1nnc(NCC2CCCC(O)C2)s1. The van der Waals surface area contributed by atoms with E-state index in [9.17, 15) is 5.11 Å². The van der Waals surface area contributed by atoms with Crippen molar-refractivity contribution in [2.45, 2.75) is 38.7 Å². The van der Waals surface area contributed by atoms with Crippen molar-refractivity contribution in [1.29, 1.82) is 0 Å². The third-order valence-electron chi connectivity index (χ3n) is 2.82. The highest BCUT2D eigenvalue weighted by Crippen LogP contribution is 2.25. The molecule has 2 rings (SSSR count). The van der Waals surface area contributed by atoms with Crippen LogP contribution in [0.1, 0.15) is 30.7 Å². The van der Waals surface area contributed by atoms with Crippen LogP contribution in [-0.4, -0.2) is 28.0 Å². The molecule has 0 aliphatic heterocycles. The summed E-state index contributed by atoms with van der Waals surface area (Å²) >= 11 is 1.58. The third kappa shape index (κ3) is 3.14. The summed E-state index contributed by atoms with van der Waals surface area (Å²) in [6.07, 6.45) is 4.14. The maximum absolute atomic E-state index is 9.53. The number of aliphatic hydroxyl groups is 1. The van der Waals surface area contributed by atoms with Gasteiger partial charge in [-0.05, 0) is 32.1 Å². The predicted octanol–water partition coefficient (Wildman–Crippen LogP) is 1.81. The van der Waals surface area contributed by atoms with Crippen molar-refractivity contribution in [3.63, 3.8) is 0 Å². The maximum Gasteiger partial charge on any atom is 0.205 e. The van der Waals surface area contributed by atoms with Gasteiger partial charge in [-0.15, -0.1) is 10.2 Å². The van der Waals surface area contributed by atoms with Crippen LogP contribution < -0.4 is 5.32 Å². The van der Waals surface area contributed by atoms with Gasteiger partial charge < -0.3 is 10.4 Å². The Hall–Kier alpha value is -0.680. The summed E-state index contributed by atoms with van der Waals surface area (Å²) in [5.74, 6) is 0.581. The highest BCUT2D eigenvalue weighted by molar-refractivity contribution is 7.15. The molecule has 0 aromatic carbocycles. The molecule has 1 aliphatic carbocycles. The van der Waals surface area contributed by atoms with Gasteiger partial charge in [-0.3, -0.25) is 0 Å². The lowest BCUT2D eigenvalue weighted by molar-refractivity contribution is 0.105. The lowest BCUT2D eigenvalue weighted by Crippen LogP contribution is -2.24. The Labute approximate surface area is 93.7 Å². The van der Waals surface area contributed by atoms with Gasteiger partial charge in [0.15, 0.2) is 0 Å². The van der Waals surface area contributed by atoms with E-state index >= 15 is 0 Å². The monoisotopic (exact) mass is 227 g/mol. The normalized spacial score (nSPS) is 26.5. The number of aromatic nitrogens is 2. The topological polar surface area (TPSA) is 58.0 Å². The Morgan fingerprint density at radius 2 is 2.33 bits per heavy atom. The van der Waals surface area contributed by atoms with E-state index in [1.54, 1.807) is 11.3 Å². The van der Waals surface area contributed by atoms with Crippen LogP contribution in [0.25, 0.3) is 0 Å². The second-order valence-electron chi connectivity index (χ2n) is 4.19. The first-order valence-corrected chi connectivity index (χ1v) is 6.27. The van der Waals surface area contributed by atoms with E-state index in [1.165, 1.54) is 6.42 Å². The molecule has 0 bridgehead atoms. The zero-order chi connectivity index (χ0) is 10.7. The number of nitrogens with zero attached hydrogens (tertiary/aromatic N) is 2. The van der Waals surface area contributed by atoms with Crippen LogP contribution in [0.15, 0.2) is 0 Å². The number of anilines is 1. The van der Waals surface area contributed by atoms with E-state index in [-0.39, 0.29) is 6.10 Å². The second-order valence-corrected chi connectivity index (χ2v) is 5.38. The van der Waals surface area contributed by atoms with E-state index in [1.807, 2.05) is 6.92 Å². The fraction of sp³-hybridized carbons (Fsp3) is 0.800. The summed E-state index contributed by atoms with van der Waals surface area (Å²) in [6.45, 7) is 2.86. The van der Waals surface area contributed by atoms with E-state index in [4.69, 9.17) is 0 Å². The van der Waals surface area contributed by atoms with Crippen LogP contribution in [0.2, 0.25) is 0 Å². The molecule has 1 saturated carbocycles. The first-order valence-electron chi connectivity index (χ1n) is 5.46. The molecular formula is C10H17N3OS. The van der Waals surface area contributed by atoms with Gasteiger partial charge in [0.1, 0.15) is 5.01 Å². The van der Waals surface area contributed by atoms with Gasteiger partial charge in [0.2, 0.25) is 5.13 Å². The fourth-order valence-electron chi connectivity index (χ4n) is 2.05.